The van der Waals surface area contributed by atoms with Crippen LogP contribution in [0.3, 0.4) is 0 Å². The zero-order valence-corrected chi connectivity index (χ0v) is 20.7. The molecule has 0 spiro atoms. The van der Waals surface area contributed by atoms with Gasteiger partial charge in [-0.3, -0.25) is 9.59 Å². The van der Waals surface area contributed by atoms with Gasteiger partial charge in [0.2, 0.25) is 0 Å². The molecule has 4 rings (SSSR count). The lowest BCUT2D eigenvalue weighted by atomic mass is 9.69. The summed E-state index contributed by atoms with van der Waals surface area (Å²) in [5.74, 6) is 0.237. The van der Waals surface area contributed by atoms with Crippen molar-refractivity contribution in [2.45, 2.75) is 71.5 Å². The number of fused-ring (bicyclic) bond motifs is 1. The molecule has 8 atom stereocenters. The van der Waals surface area contributed by atoms with Gasteiger partial charge in [0.1, 0.15) is 0 Å². The third-order valence-electron chi connectivity index (χ3n) is 8.36. The highest BCUT2D eigenvalue weighted by Crippen LogP contribution is 2.46. The van der Waals surface area contributed by atoms with Crippen LogP contribution in [0.5, 0.6) is 0 Å². The predicted octanol–water partition coefficient (Wildman–Crippen LogP) is 6.21. The predicted molar refractivity (Wildman–Crippen MR) is 133 cm³/mol. The third-order valence-corrected chi connectivity index (χ3v) is 8.36. The second kappa shape index (κ2) is 10.9. The molecule has 5 heteroatoms. The Balaban J connectivity index is 1.53. The summed E-state index contributed by atoms with van der Waals surface area (Å²) in [4.78, 5) is 28.0. The summed E-state index contributed by atoms with van der Waals surface area (Å²) in [5.41, 5.74) is 1.90. The number of allylic oxidation sites excluding steroid dienone is 5. The third kappa shape index (κ3) is 5.14. The van der Waals surface area contributed by atoms with Crippen molar-refractivity contribution in [3.63, 3.8) is 0 Å². The fourth-order valence-electron chi connectivity index (χ4n) is 6.26. The number of aromatic nitrogens is 1. The molecule has 1 saturated heterocycles. The number of aromatic amines is 1. The van der Waals surface area contributed by atoms with Crippen LogP contribution in [0.1, 0.15) is 69.8 Å². The van der Waals surface area contributed by atoms with Crippen LogP contribution >= 0.6 is 0 Å². The molecule has 2 N–H and O–H groups in total. The Hall–Kier alpha value is -2.40. The van der Waals surface area contributed by atoms with E-state index >= 15 is 0 Å². The molecule has 2 aliphatic carbocycles. The summed E-state index contributed by atoms with van der Waals surface area (Å²) in [6.07, 6.45) is 18.6. The molecule has 5 nitrogen and oxygen atoms in total. The van der Waals surface area contributed by atoms with Gasteiger partial charge in [-0.05, 0) is 74.5 Å². The van der Waals surface area contributed by atoms with Crippen molar-refractivity contribution in [2.75, 3.05) is 0 Å². The molecule has 0 aromatic carbocycles. The molecule has 1 saturated carbocycles. The maximum absolute atomic E-state index is 13.4. The highest BCUT2D eigenvalue weighted by Gasteiger charge is 2.42. The van der Waals surface area contributed by atoms with E-state index in [9.17, 15) is 14.7 Å². The number of aliphatic carboxylic acids is 1. The number of rotatable bonds is 8. The van der Waals surface area contributed by atoms with E-state index in [0.29, 0.717) is 23.4 Å². The standard InChI is InChI=1S/C29H39NO4/c1-4-20(28-18(2)13-16-25(34-28)19(3)29(32)33)8-5-10-22-15-14-21-9-6-11-23(21)26(22)27(31)24-12-7-17-30-24/h5,7-8,10,12,14-15,17-19,21-23,25-26,28,30H,4,6,9,11,13,16H2,1-3H3,(H,32,33)/b10-5+,20-8+/t18-,19-,21+,22-,23+,25-,26-,28+/m1/s1. The zero-order chi connectivity index (χ0) is 24.2. The molecule has 0 amide bonds. The number of H-pyrrole nitrogens is 1. The van der Waals surface area contributed by atoms with Crippen molar-refractivity contribution in [3.05, 3.63) is 60.0 Å². The first-order valence-electron chi connectivity index (χ1n) is 13.0. The van der Waals surface area contributed by atoms with Crippen molar-refractivity contribution in [1.82, 2.24) is 4.98 Å². The van der Waals surface area contributed by atoms with E-state index in [1.54, 1.807) is 6.92 Å². The van der Waals surface area contributed by atoms with Crippen molar-refractivity contribution in [3.8, 4) is 0 Å². The number of hydrogen-bond donors (Lipinski definition) is 2. The maximum Gasteiger partial charge on any atom is 0.308 e. The Morgan fingerprint density at radius 3 is 2.76 bits per heavy atom. The van der Waals surface area contributed by atoms with Crippen LogP contribution < -0.4 is 0 Å². The molecule has 184 valence electrons. The van der Waals surface area contributed by atoms with Crippen LogP contribution in [-0.2, 0) is 9.53 Å². The summed E-state index contributed by atoms with van der Waals surface area (Å²) < 4.78 is 6.33. The number of carbonyl (C=O) groups excluding carboxylic acids is 1. The average molecular weight is 466 g/mol. The Kier molecular flexibility index (Phi) is 7.92. The number of ether oxygens (including phenoxy) is 1. The number of ketones is 1. The number of carboxylic acids is 1. The highest BCUT2D eigenvalue weighted by molar-refractivity contribution is 5.97. The number of Topliss-reactive ketones (excluding diaryl/α,β-unsaturated/α-hetero) is 1. The van der Waals surface area contributed by atoms with E-state index in [4.69, 9.17) is 4.74 Å². The van der Waals surface area contributed by atoms with Gasteiger partial charge in [-0.15, -0.1) is 0 Å². The summed E-state index contributed by atoms with van der Waals surface area (Å²) in [7, 11) is 0. The molecule has 1 aromatic heterocycles. The largest absolute Gasteiger partial charge is 0.481 e. The zero-order valence-electron chi connectivity index (χ0n) is 20.7. The molecule has 2 heterocycles. The van der Waals surface area contributed by atoms with Crippen LogP contribution in [0.25, 0.3) is 0 Å². The van der Waals surface area contributed by atoms with E-state index in [1.165, 1.54) is 18.4 Å². The Morgan fingerprint density at radius 1 is 1.24 bits per heavy atom. The number of carbonyl (C=O) groups is 2. The number of carboxylic acid groups (broad SMARTS) is 1. The summed E-state index contributed by atoms with van der Waals surface area (Å²) in [6.45, 7) is 6.05. The summed E-state index contributed by atoms with van der Waals surface area (Å²) >= 11 is 0. The van der Waals surface area contributed by atoms with Gasteiger partial charge >= 0.3 is 5.97 Å². The quantitative estimate of drug-likeness (QED) is 0.272. The van der Waals surface area contributed by atoms with E-state index in [2.05, 4.69) is 49.2 Å². The van der Waals surface area contributed by atoms with Gasteiger partial charge in [0.15, 0.2) is 5.78 Å². The SMILES string of the molecule is CC/C(=C\C=C\[C@@H]1C=C[C@@H]2CCC[C@@H]2[C@@H]1C(=O)c1ccc[nH]1)[C@H]1O[C@@H]([C@@H](C)C(=O)O)CC[C@H]1C. The topological polar surface area (TPSA) is 79.4 Å². The maximum atomic E-state index is 13.4. The van der Waals surface area contributed by atoms with Crippen LogP contribution in [0.4, 0.5) is 0 Å². The van der Waals surface area contributed by atoms with Crippen LogP contribution in [0.2, 0.25) is 0 Å². The molecule has 34 heavy (non-hydrogen) atoms. The first kappa shape index (κ1) is 24.7. The minimum atomic E-state index is -0.799. The van der Waals surface area contributed by atoms with Gasteiger partial charge in [-0.1, -0.05) is 50.6 Å². The molecule has 0 bridgehead atoms. The molecule has 1 aliphatic heterocycles. The molecular weight excluding hydrogens is 426 g/mol. The monoisotopic (exact) mass is 465 g/mol. The minimum Gasteiger partial charge on any atom is -0.481 e. The van der Waals surface area contributed by atoms with Crippen LogP contribution in [0, 0.1) is 35.5 Å². The van der Waals surface area contributed by atoms with Gasteiger partial charge < -0.3 is 14.8 Å². The summed E-state index contributed by atoms with van der Waals surface area (Å²) in [6, 6.07) is 3.78. The number of nitrogens with one attached hydrogen (secondary N) is 1. The van der Waals surface area contributed by atoms with Crippen LogP contribution in [-0.4, -0.2) is 34.1 Å². The van der Waals surface area contributed by atoms with E-state index in [1.807, 2.05) is 18.3 Å². The van der Waals surface area contributed by atoms with Crippen molar-refractivity contribution < 1.29 is 19.4 Å². The second-order valence-electron chi connectivity index (χ2n) is 10.5. The molecule has 0 radical (unpaired) electrons. The molecule has 3 aliphatic rings. The smallest absolute Gasteiger partial charge is 0.308 e. The Labute approximate surface area is 203 Å². The molecule has 2 fully saturated rings. The van der Waals surface area contributed by atoms with Crippen molar-refractivity contribution in [1.29, 1.82) is 0 Å². The van der Waals surface area contributed by atoms with Crippen molar-refractivity contribution >= 4 is 11.8 Å². The van der Waals surface area contributed by atoms with E-state index < -0.39 is 11.9 Å². The van der Waals surface area contributed by atoms with Gasteiger partial charge in [-0.2, -0.15) is 0 Å². The van der Waals surface area contributed by atoms with Gasteiger partial charge in [0, 0.05) is 18.0 Å². The minimum absolute atomic E-state index is 0.0310. The normalized spacial score (nSPS) is 34.8. The Morgan fingerprint density at radius 2 is 2.06 bits per heavy atom. The molecule has 0 unspecified atom stereocenters. The van der Waals surface area contributed by atoms with E-state index in [-0.39, 0.29) is 29.8 Å². The fourth-order valence-corrected chi connectivity index (χ4v) is 6.26. The molecular formula is C29H39NO4. The highest BCUT2D eigenvalue weighted by atomic mass is 16.5. The van der Waals surface area contributed by atoms with Gasteiger partial charge in [-0.25, -0.2) is 0 Å². The lowest BCUT2D eigenvalue weighted by Gasteiger charge is -2.37. The van der Waals surface area contributed by atoms with Gasteiger partial charge in [0.25, 0.3) is 0 Å². The van der Waals surface area contributed by atoms with E-state index in [0.717, 1.165) is 25.7 Å². The van der Waals surface area contributed by atoms with Crippen molar-refractivity contribution in [2.24, 2.45) is 35.5 Å². The Bertz CT molecular complexity index is 943. The first-order chi connectivity index (χ1) is 16.4. The first-order valence-corrected chi connectivity index (χ1v) is 13.0. The number of hydrogen-bond acceptors (Lipinski definition) is 3. The second-order valence-corrected chi connectivity index (χ2v) is 10.5. The average Bonchev–Trinajstić information content (AvgIpc) is 3.53. The van der Waals surface area contributed by atoms with Gasteiger partial charge in [0.05, 0.1) is 23.8 Å². The fraction of sp³-hybridized carbons (Fsp3) is 0.586. The summed E-state index contributed by atoms with van der Waals surface area (Å²) in [5, 5.41) is 9.43. The lowest BCUT2D eigenvalue weighted by Crippen LogP contribution is -2.40. The van der Waals surface area contributed by atoms with Crippen LogP contribution in [0.15, 0.2) is 54.3 Å². The molecule has 1 aromatic rings. The lowest BCUT2D eigenvalue weighted by molar-refractivity contribution is -0.152.